The smallest absolute Gasteiger partial charge is 0.276 e. The molecule has 0 unspecified atom stereocenters. The Morgan fingerprint density at radius 2 is 2.12 bits per heavy atom. The third-order valence-electron chi connectivity index (χ3n) is 3.96. The molecule has 3 aromatic rings. The van der Waals surface area contributed by atoms with Gasteiger partial charge < -0.3 is 14.1 Å². The van der Waals surface area contributed by atoms with Crippen molar-refractivity contribution in [3.63, 3.8) is 0 Å². The van der Waals surface area contributed by atoms with Crippen molar-refractivity contribution in [1.29, 1.82) is 0 Å². The number of nitrogens with zero attached hydrogens (tertiary/aromatic N) is 3. The highest BCUT2D eigenvalue weighted by atomic mass is 16.5. The minimum atomic E-state index is -0.159. The number of oxazole rings is 1. The Bertz CT molecular complexity index is 873. The number of carbonyl (C=O) groups excluding carboxylic acids is 1. The second-order valence-corrected chi connectivity index (χ2v) is 5.47. The average Bonchev–Trinajstić information content (AvgIpc) is 3.10. The normalized spacial score (nSPS) is 10.8. The number of carbonyl (C=O) groups is 1. The summed E-state index contributed by atoms with van der Waals surface area (Å²) in [7, 11) is 3.37. The van der Waals surface area contributed by atoms with Gasteiger partial charge in [0.2, 0.25) is 0 Å². The van der Waals surface area contributed by atoms with E-state index >= 15 is 0 Å². The highest BCUT2D eigenvalue weighted by Gasteiger charge is 2.20. The van der Waals surface area contributed by atoms with Gasteiger partial charge in [-0.15, -0.1) is 0 Å². The zero-order chi connectivity index (χ0) is 17.1. The average molecular weight is 325 g/mol. The van der Waals surface area contributed by atoms with Crippen LogP contribution in [-0.2, 0) is 13.0 Å². The predicted molar refractivity (Wildman–Crippen MR) is 90.0 cm³/mol. The van der Waals surface area contributed by atoms with Crippen molar-refractivity contribution in [3.05, 3.63) is 53.9 Å². The Balaban J connectivity index is 1.91. The van der Waals surface area contributed by atoms with E-state index < -0.39 is 0 Å². The Hall–Kier alpha value is -2.89. The molecule has 0 N–H and O–H groups in total. The highest BCUT2D eigenvalue weighted by molar-refractivity contribution is 5.93. The van der Waals surface area contributed by atoms with E-state index in [-0.39, 0.29) is 5.91 Å². The van der Waals surface area contributed by atoms with Crippen LogP contribution in [0.15, 0.2) is 41.3 Å². The molecule has 6 heteroatoms. The van der Waals surface area contributed by atoms with Crippen LogP contribution >= 0.6 is 0 Å². The summed E-state index contributed by atoms with van der Waals surface area (Å²) in [5.74, 6) is 1.16. The van der Waals surface area contributed by atoms with E-state index in [0.717, 1.165) is 16.5 Å². The quantitative estimate of drug-likeness (QED) is 0.721. The Morgan fingerprint density at radius 3 is 2.88 bits per heavy atom. The van der Waals surface area contributed by atoms with Gasteiger partial charge in [0.1, 0.15) is 17.0 Å². The lowest BCUT2D eigenvalue weighted by Crippen LogP contribution is -2.27. The molecule has 0 radical (unpaired) electrons. The third-order valence-corrected chi connectivity index (χ3v) is 3.96. The molecular weight excluding hydrogens is 306 g/mol. The number of hydrogen-bond acceptors (Lipinski definition) is 5. The molecule has 2 aromatic heterocycles. The first-order chi connectivity index (χ1) is 11.7. The number of rotatable bonds is 5. The summed E-state index contributed by atoms with van der Waals surface area (Å²) in [5.41, 5.74) is 2.15. The van der Waals surface area contributed by atoms with Gasteiger partial charge in [-0.3, -0.25) is 9.78 Å². The number of ether oxygens (including phenoxy) is 1. The van der Waals surface area contributed by atoms with Crippen molar-refractivity contribution in [2.24, 2.45) is 0 Å². The molecule has 0 bridgehead atoms. The fraction of sp³-hybridized carbons (Fsp3) is 0.278. The summed E-state index contributed by atoms with van der Waals surface area (Å²) in [6.45, 7) is 2.38. The van der Waals surface area contributed by atoms with Crippen LogP contribution in [0.25, 0.3) is 10.9 Å². The van der Waals surface area contributed by atoms with Crippen LogP contribution < -0.4 is 4.74 Å². The molecule has 0 fully saturated rings. The maximum atomic E-state index is 12.6. The van der Waals surface area contributed by atoms with Crippen LogP contribution in [0.5, 0.6) is 5.75 Å². The van der Waals surface area contributed by atoms with Crippen molar-refractivity contribution < 1.29 is 13.9 Å². The number of amides is 1. The number of aromatic nitrogens is 2. The molecule has 2 heterocycles. The maximum Gasteiger partial charge on any atom is 0.276 e. The molecule has 6 nitrogen and oxygen atoms in total. The molecule has 0 aliphatic heterocycles. The van der Waals surface area contributed by atoms with E-state index in [4.69, 9.17) is 9.15 Å². The molecular formula is C18H19N3O3. The van der Waals surface area contributed by atoms with Crippen molar-refractivity contribution in [3.8, 4) is 5.75 Å². The summed E-state index contributed by atoms with van der Waals surface area (Å²) in [5, 5.41) is 0.965. The van der Waals surface area contributed by atoms with E-state index in [0.29, 0.717) is 30.2 Å². The van der Waals surface area contributed by atoms with E-state index in [9.17, 15) is 4.79 Å². The van der Waals surface area contributed by atoms with Crippen LogP contribution in [0, 0.1) is 0 Å². The van der Waals surface area contributed by atoms with Crippen molar-refractivity contribution >= 4 is 16.8 Å². The first-order valence-corrected chi connectivity index (χ1v) is 7.74. The first-order valence-electron chi connectivity index (χ1n) is 7.74. The highest BCUT2D eigenvalue weighted by Crippen LogP contribution is 2.27. The van der Waals surface area contributed by atoms with Gasteiger partial charge in [-0.05, 0) is 17.7 Å². The van der Waals surface area contributed by atoms with Crippen molar-refractivity contribution in [1.82, 2.24) is 14.9 Å². The maximum absolute atomic E-state index is 12.6. The molecule has 0 saturated carbocycles. The SMILES string of the molecule is CCc1ocnc1C(=O)N(C)Cc1ccc(OC)c2ncccc12. The number of fused-ring (bicyclic) bond motifs is 1. The molecule has 1 amide bonds. The molecule has 0 aliphatic carbocycles. The van der Waals surface area contributed by atoms with Crippen LogP contribution in [0.3, 0.4) is 0 Å². The Morgan fingerprint density at radius 1 is 1.29 bits per heavy atom. The minimum Gasteiger partial charge on any atom is -0.494 e. The minimum absolute atomic E-state index is 0.159. The molecule has 1 aromatic carbocycles. The third kappa shape index (κ3) is 2.82. The molecule has 24 heavy (non-hydrogen) atoms. The number of aryl methyl sites for hydroxylation is 1. The summed E-state index contributed by atoms with van der Waals surface area (Å²) in [4.78, 5) is 22.7. The Labute approximate surface area is 140 Å². The molecule has 0 aliphatic rings. The standard InChI is InChI=1S/C18H19N3O3/c1-4-14-17(20-11-24-14)18(22)21(2)10-12-7-8-15(23-3)16-13(12)6-5-9-19-16/h5-9,11H,4,10H2,1-3H3. The Kier molecular flexibility index (Phi) is 4.46. The lowest BCUT2D eigenvalue weighted by Gasteiger charge is -2.18. The number of methoxy groups -OCH3 is 1. The monoisotopic (exact) mass is 325 g/mol. The van der Waals surface area contributed by atoms with Gasteiger partial charge in [-0.2, -0.15) is 0 Å². The van der Waals surface area contributed by atoms with Crippen LogP contribution in [-0.4, -0.2) is 34.9 Å². The fourth-order valence-corrected chi connectivity index (χ4v) is 2.71. The van der Waals surface area contributed by atoms with E-state index in [2.05, 4.69) is 9.97 Å². The van der Waals surface area contributed by atoms with E-state index in [1.165, 1.54) is 6.39 Å². The molecule has 0 spiro atoms. The number of hydrogen-bond donors (Lipinski definition) is 0. The van der Waals surface area contributed by atoms with Crippen molar-refractivity contribution in [2.75, 3.05) is 14.2 Å². The fourth-order valence-electron chi connectivity index (χ4n) is 2.71. The zero-order valence-corrected chi connectivity index (χ0v) is 13.9. The second kappa shape index (κ2) is 6.70. The van der Waals surface area contributed by atoms with Crippen LogP contribution in [0.4, 0.5) is 0 Å². The van der Waals surface area contributed by atoms with Gasteiger partial charge >= 0.3 is 0 Å². The first kappa shape index (κ1) is 16.0. The topological polar surface area (TPSA) is 68.5 Å². The molecule has 124 valence electrons. The summed E-state index contributed by atoms with van der Waals surface area (Å²) < 4.78 is 10.6. The van der Waals surface area contributed by atoms with E-state index in [1.807, 2.05) is 31.2 Å². The number of benzene rings is 1. The summed E-state index contributed by atoms with van der Waals surface area (Å²) in [6.07, 6.45) is 3.67. The predicted octanol–water partition coefficient (Wildman–Crippen LogP) is 3.07. The van der Waals surface area contributed by atoms with Gasteiger partial charge in [-0.25, -0.2) is 4.98 Å². The van der Waals surface area contributed by atoms with Crippen LogP contribution in [0.1, 0.15) is 28.7 Å². The van der Waals surface area contributed by atoms with Gasteiger partial charge in [0.25, 0.3) is 5.91 Å². The van der Waals surface area contributed by atoms with Gasteiger partial charge in [-0.1, -0.05) is 19.1 Å². The number of pyridine rings is 1. The largest absolute Gasteiger partial charge is 0.494 e. The van der Waals surface area contributed by atoms with Crippen LogP contribution in [0.2, 0.25) is 0 Å². The molecule has 0 saturated heterocycles. The van der Waals surface area contributed by atoms with Crippen molar-refractivity contribution in [2.45, 2.75) is 19.9 Å². The summed E-state index contributed by atoms with van der Waals surface area (Å²) in [6, 6.07) is 7.68. The summed E-state index contributed by atoms with van der Waals surface area (Å²) >= 11 is 0. The lowest BCUT2D eigenvalue weighted by molar-refractivity contribution is 0.0778. The molecule has 0 atom stereocenters. The molecule has 3 rings (SSSR count). The second-order valence-electron chi connectivity index (χ2n) is 5.47. The van der Waals surface area contributed by atoms with E-state index in [1.54, 1.807) is 25.3 Å². The zero-order valence-electron chi connectivity index (χ0n) is 13.9. The lowest BCUT2D eigenvalue weighted by atomic mass is 10.1. The van der Waals surface area contributed by atoms with Gasteiger partial charge in [0.15, 0.2) is 12.1 Å². The van der Waals surface area contributed by atoms with Gasteiger partial charge in [0.05, 0.1) is 7.11 Å². The van der Waals surface area contributed by atoms with Gasteiger partial charge in [0, 0.05) is 31.6 Å².